The number of benzene rings is 2. The molecule has 2 aromatic carbocycles. The van der Waals surface area contributed by atoms with E-state index < -0.39 is 5.97 Å². The molecule has 2 atom stereocenters. The van der Waals surface area contributed by atoms with Crippen molar-refractivity contribution in [2.45, 2.75) is 45.8 Å². The molecule has 0 saturated carbocycles. The molecule has 0 aliphatic carbocycles. The van der Waals surface area contributed by atoms with E-state index in [4.69, 9.17) is 9.84 Å². The highest BCUT2D eigenvalue weighted by atomic mass is 16.5. The van der Waals surface area contributed by atoms with E-state index in [1.54, 1.807) is 25.1 Å². The van der Waals surface area contributed by atoms with Crippen LogP contribution < -0.4 is 0 Å². The molecule has 28 heavy (non-hydrogen) atoms. The van der Waals surface area contributed by atoms with Crippen molar-refractivity contribution in [1.82, 2.24) is 0 Å². The molecular formula is C24H26O4. The molecule has 0 spiro atoms. The van der Waals surface area contributed by atoms with Crippen LogP contribution in [0.1, 0.15) is 50.3 Å². The van der Waals surface area contributed by atoms with Gasteiger partial charge in [-0.15, -0.1) is 0 Å². The summed E-state index contributed by atoms with van der Waals surface area (Å²) in [7, 11) is 0. The maximum absolute atomic E-state index is 11.1. The number of hydrogen-bond donors (Lipinski definition) is 2. The lowest BCUT2D eigenvalue weighted by Crippen LogP contribution is -2.25. The molecule has 2 aromatic rings. The third-order valence-corrected chi connectivity index (χ3v) is 4.96. The first-order chi connectivity index (χ1) is 13.3. The minimum atomic E-state index is -0.916. The van der Waals surface area contributed by atoms with Crippen molar-refractivity contribution < 1.29 is 19.7 Å². The fraction of sp³-hybridized carbons (Fsp3) is 0.292. The van der Waals surface area contributed by atoms with Crippen LogP contribution in [-0.2, 0) is 9.53 Å². The van der Waals surface area contributed by atoms with E-state index in [1.165, 1.54) is 5.57 Å². The van der Waals surface area contributed by atoms with E-state index in [0.717, 1.165) is 35.1 Å². The molecule has 0 bridgehead atoms. The number of carbonyl (C=O) groups is 1. The minimum absolute atomic E-state index is 0.159. The zero-order chi connectivity index (χ0) is 20.3. The van der Waals surface area contributed by atoms with E-state index in [-0.39, 0.29) is 18.0 Å². The summed E-state index contributed by atoms with van der Waals surface area (Å²) < 4.78 is 5.91. The van der Waals surface area contributed by atoms with E-state index in [1.807, 2.05) is 36.4 Å². The molecular weight excluding hydrogens is 352 g/mol. The van der Waals surface area contributed by atoms with E-state index in [0.29, 0.717) is 5.57 Å². The van der Waals surface area contributed by atoms with Gasteiger partial charge in [0.1, 0.15) is 5.75 Å². The number of carboxylic acids is 1. The maximum Gasteiger partial charge on any atom is 0.331 e. The largest absolute Gasteiger partial charge is 0.508 e. The molecule has 1 aliphatic rings. The topological polar surface area (TPSA) is 66.8 Å². The van der Waals surface area contributed by atoms with Gasteiger partial charge in [0.15, 0.2) is 0 Å². The van der Waals surface area contributed by atoms with Crippen molar-refractivity contribution in [1.29, 1.82) is 0 Å². The van der Waals surface area contributed by atoms with Crippen molar-refractivity contribution in [3.8, 4) is 5.75 Å². The summed E-state index contributed by atoms with van der Waals surface area (Å²) in [5, 5.41) is 18.7. The molecule has 1 fully saturated rings. The average molecular weight is 378 g/mol. The molecule has 2 unspecified atom stereocenters. The van der Waals surface area contributed by atoms with Gasteiger partial charge in [-0.3, -0.25) is 0 Å². The van der Waals surface area contributed by atoms with Crippen molar-refractivity contribution in [3.05, 3.63) is 76.4 Å². The first kappa shape index (κ1) is 19.9. The number of rotatable bonds is 4. The summed E-state index contributed by atoms with van der Waals surface area (Å²) in [5.41, 5.74) is 5.78. The molecule has 0 amide bonds. The zero-order valence-electron chi connectivity index (χ0n) is 16.5. The van der Waals surface area contributed by atoms with Gasteiger partial charge in [-0.25, -0.2) is 4.79 Å². The number of hydrogen-bond acceptors (Lipinski definition) is 3. The van der Waals surface area contributed by atoms with Crippen LogP contribution in [-0.4, -0.2) is 28.4 Å². The van der Waals surface area contributed by atoms with Crippen LogP contribution >= 0.6 is 0 Å². The Morgan fingerprint density at radius 2 is 1.46 bits per heavy atom. The summed E-state index contributed by atoms with van der Waals surface area (Å²) in [4.78, 5) is 11.1. The second-order valence-corrected chi connectivity index (χ2v) is 7.45. The predicted octanol–water partition coefficient (Wildman–Crippen LogP) is 5.27. The van der Waals surface area contributed by atoms with Crippen LogP contribution in [0.25, 0.3) is 11.6 Å². The Kier molecular flexibility index (Phi) is 6.00. The van der Waals surface area contributed by atoms with Gasteiger partial charge in [0.2, 0.25) is 0 Å². The molecule has 4 heteroatoms. The highest BCUT2D eigenvalue weighted by Crippen LogP contribution is 2.36. The summed E-state index contributed by atoms with van der Waals surface area (Å²) in [5.74, 6) is -0.674. The van der Waals surface area contributed by atoms with E-state index >= 15 is 0 Å². The third-order valence-electron chi connectivity index (χ3n) is 4.96. The molecule has 0 radical (unpaired) electrons. The lowest BCUT2D eigenvalue weighted by molar-refractivity contribution is -0.132. The number of ether oxygens (including phenoxy) is 1. The minimum Gasteiger partial charge on any atom is -0.508 e. The Morgan fingerprint density at radius 3 is 1.96 bits per heavy atom. The molecule has 3 rings (SSSR count). The monoisotopic (exact) mass is 378 g/mol. The number of phenolic OH excluding ortho intramolecular Hbond substituents is 1. The highest BCUT2D eigenvalue weighted by molar-refractivity contribution is 5.91. The Morgan fingerprint density at radius 1 is 0.964 bits per heavy atom. The molecule has 1 heterocycles. The van der Waals surface area contributed by atoms with Gasteiger partial charge >= 0.3 is 5.97 Å². The number of carboxylic acid groups (broad SMARTS) is 1. The normalized spacial score (nSPS) is 20.1. The van der Waals surface area contributed by atoms with Gasteiger partial charge in [0.05, 0.1) is 12.2 Å². The molecule has 1 aliphatic heterocycles. The van der Waals surface area contributed by atoms with Crippen molar-refractivity contribution in [3.63, 3.8) is 0 Å². The number of aliphatic carboxylic acids is 1. The number of phenols is 1. The summed E-state index contributed by atoms with van der Waals surface area (Å²) in [6, 6.07) is 15.2. The Balaban J connectivity index is 2.06. The lowest BCUT2D eigenvalue weighted by atomic mass is 9.86. The van der Waals surface area contributed by atoms with Crippen molar-refractivity contribution in [2.24, 2.45) is 0 Å². The molecule has 1 saturated heterocycles. The van der Waals surface area contributed by atoms with Gasteiger partial charge < -0.3 is 14.9 Å². The van der Waals surface area contributed by atoms with Gasteiger partial charge in [-0.2, -0.15) is 0 Å². The summed E-state index contributed by atoms with van der Waals surface area (Å²) in [6.07, 6.45) is 3.70. The van der Waals surface area contributed by atoms with Gasteiger partial charge in [-0.05, 0) is 74.1 Å². The zero-order valence-corrected chi connectivity index (χ0v) is 16.5. The highest BCUT2D eigenvalue weighted by Gasteiger charge is 2.23. The predicted molar refractivity (Wildman–Crippen MR) is 111 cm³/mol. The number of aromatic hydroxyl groups is 1. The summed E-state index contributed by atoms with van der Waals surface area (Å²) in [6.45, 7) is 5.77. The van der Waals surface area contributed by atoms with Crippen LogP contribution in [0.5, 0.6) is 5.75 Å². The fourth-order valence-electron chi connectivity index (χ4n) is 3.74. The molecule has 0 aromatic heterocycles. The van der Waals surface area contributed by atoms with E-state index in [2.05, 4.69) is 13.8 Å². The van der Waals surface area contributed by atoms with Crippen molar-refractivity contribution in [2.75, 3.05) is 0 Å². The quantitative estimate of drug-likeness (QED) is 0.711. The van der Waals surface area contributed by atoms with Gasteiger partial charge in [0, 0.05) is 5.57 Å². The fourth-order valence-corrected chi connectivity index (χ4v) is 3.74. The van der Waals surface area contributed by atoms with Crippen molar-refractivity contribution >= 4 is 17.6 Å². The maximum atomic E-state index is 11.1. The van der Waals surface area contributed by atoms with Crippen LogP contribution in [0.3, 0.4) is 0 Å². The Labute approximate surface area is 165 Å². The molecule has 146 valence electrons. The average Bonchev–Trinajstić information content (AvgIpc) is 2.64. The summed E-state index contributed by atoms with van der Waals surface area (Å²) >= 11 is 0. The molecule has 2 N–H and O–H groups in total. The van der Waals surface area contributed by atoms with Crippen LogP contribution in [0.15, 0.2) is 59.7 Å². The second kappa shape index (κ2) is 8.44. The van der Waals surface area contributed by atoms with Gasteiger partial charge in [0.25, 0.3) is 0 Å². The van der Waals surface area contributed by atoms with E-state index in [9.17, 15) is 9.90 Å². The van der Waals surface area contributed by atoms with Gasteiger partial charge in [-0.1, -0.05) is 42.0 Å². The Hall–Kier alpha value is -2.85. The third kappa shape index (κ3) is 4.70. The smallest absolute Gasteiger partial charge is 0.331 e. The first-order valence-electron chi connectivity index (χ1n) is 9.52. The van der Waals surface area contributed by atoms with Crippen LogP contribution in [0.2, 0.25) is 0 Å². The van der Waals surface area contributed by atoms with Crippen LogP contribution in [0, 0.1) is 0 Å². The van der Waals surface area contributed by atoms with Crippen LogP contribution in [0.4, 0.5) is 0 Å². The SMILES string of the molecule is C/C(=C\c1ccc(C(=C2CC(C)OC(C)C2)c2ccc(O)cc2)cc1)C(=O)O. The lowest BCUT2D eigenvalue weighted by Gasteiger charge is -2.30. The first-order valence-corrected chi connectivity index (χ1v) is 9.52. The Bertz CT molecular complexity index is 893. The second-order valence-electron chi connectivity index (χ2n) is 7.45. The standard InChI is InChI=1S/C24H26O4/c1-15(24(26)27)12-18-4-6-19(7-5-18)23(20-8-10-22(25)11-9-20)21-13-16(2)28-17(3)14-21/h4-12,16-17,25H,13-14H2,1-3H3,(H,26,27)/b15-12+,23-21?. The molecule has 4 nitrogen and oxygen atoms in total.